The van der Waals surface area contributed by atoms with Gasteiger partial charge in [0.25, 0.3) is 0 Å². The predicted octanol–water partition coefficient (Wildman–Crippen LogP) is 12.1. The third-order valence-electron chi connectivity index (χ3n) is 11.2. The monoisotopic (exact) mass is 686 g/mol. The number of aryl methyl sites for hydroxylation is 1. The number of hydrogen-bond donors (Lipinski definition) is 0. The van der Waals surface area contributed by atoms with E-state index in [1.54, 1.807) is 11.1 Å². The minimum Gasteiger partial charge on any atom is -0.135 e. The fourth-order valence-electron chi connectivity index (χ4n) is 9.65. The van der Waals surface area contributed by atoms with Crippen molar-refractivity contribution in [1.82, 2.24) is 0 Å². The van der Waals surface area contributed by atoms with E-state index in [0.717, 1.165) is 11.8 Å². The van der Waals surface area contributed by atoms with Gasteiger partial charge < -0.3 is 0 Å². The van der Waals surface area contributed by atoms with Crippen molar-refractivity contribution >= 4 is 54.1 Å². The Morgan fingerprint density at radius 1 is 0.558 bits per heavy atom. The first-order valence-corrected chi connectivity index (χ1v) is 17.8. The van der Waals surface area contributed by atoms with Crippen LogP contribution in [0.5, 0.6) is 0 Å². The molecule has 0 aliphatic heterocycles. The van der Waals surface area contributed by atoms with Crippen molar-refractivity contribution in [3.8, 4) is 22.3 Å². The van der Waals surface area contributed by atoms with Crippen molar-refractivity contribution in [3.63, 3.8) is 0 Å². The summed E-state index contributed by atoms with van der Waals surface area (Å²) in [6, 6.07) is 42.4. The molecule has 2 atom stereocenters. The van der Waals surface area contributed by atoms with Crippen molar-refractivity contribution in [1.29, 1.82) is 0 Å². The molecule has 0 N–H and O–H groups in total. The van der Waals surface area contributed by atoms with E-state index in [1.807, 2.05) is 11.3 Å². The van der Waals surface area contributed by atoms with Crippen molar-refractivity contribution in [2.45, 2.75) is 56.3 Å². The van der Waals surface area contributed by atoms with E-state index in [9.17, 15) is 0 Å². The SMILES string of the molecule is Cc1ccc(-c2ccc(C34CC5CC(C3)CC(c3ccc(-c6ccc7sc8ccc(I)cc8c7c6)cc3)(C5)C4)cc2)cc1. The number of benzene rings is 5. The van der Waals surface area contributed by atoms with Gasteiger partial charge in [0.05, 0.1) is 0 Å². The number of thiophene rings is 1. The molecular formula is C41H35IS. The molecule has 0 spiro atoms. The largest absolute Gasteiger partial charge is 0.135 e. The van der Waals surface area contributed by atoms with Crippen LogP contribution >= 0.6 is 33.9 Å². The van der Waals surface area contributed by atoms with E-state index in [2.05, 4.69) is 139 Å². The van der Waals surface area contributed by atoms with Gasteiger partial charge in [-0.2, -0.15) is 0 Å². The zero-order chi connectivity index (χ0) is 28.8. The molecule has 4 bridgehead atoms. The molecule has 1 heterocycles. The van der Waals surface area contributed by atoms with Gasteiger partial charge in [-0.05, 0) is 154 Å². The highest BCUT2D eigenvalue weighted by Crippen LogP contribution is 2.66. The van der Waals surface area contributed by atoms with Crippen LogP contribution in [0.3, 0.4) is 0 Å². The van der Waals surface area contributed by atoms with Crippen LogP contribution in [0.1, 0.15) is 55.2 Å². The molecule has 5 aromatic carbocycles. The van der Waals surface area contributed by atoms with Gasteiger partial charge in [-0.15, -0.1) is 11.3 Å². The Bertz CT molecular complexity index is 1980. The molecule has 4 aliphatic carbocycles. The fraction of sp³-hybridized carbons (Fsp3) is 0.268. The lowest BCUT2D eigenvalue weighted by Crippen LogP contribution is -2.55. The highest BCUT2D eigenvalue weighted by Gasteiger charge is 2.58. The molecule has 4 aliphatic rings. The lowest BCUT2D eigenvalue weighted by Gasteiger charge is -2.63. The van der Waals surface area contributed by atoms with Crippen LogP contribution < -0.4 is 0 Å². The minimum absolute atomic E-state index is 0.322. The lowest BCUT2D eigenvalue weighted by atomic mass is 9.41. The third-order valence-corrected chi connectivity index (χ3v) is 13.0. The molecule has 0 radical (unpaired) electrons. The average molecular weight is 687 g/mol. The maximum absolute atomic E-state index is 2.50. The van der Waals surface area contributed by atoms with Crippen LogP contribution in [-0.2, 0) is 10.8 Å². The minimum atomic E-state index is 0.322. The maximum atomic E-state index is 2.50. The second kappa shape index (κ2) is 9.78. The summed E-state index contributed by atoms with van der Waals surface area (Å²) in [7, 11) is 0. The molecule has 212 valence electrons. The number of fused-ring (bicyclic) bond motifs is 3. The molecule has 1 aromatic heterocycles. The summed E-state index contributed by atoms with van der Waals surface area (Å²) in [5.74, 6) is 1.71. The first-order valence-electron chi connectivity index (χ1n) is 15.9. The van der Waals surface area contributed by atoms with Gasteiger partial charge in [-0.3, -0.25) is 0 Å². The first kappa shape index (κ1) is 26.5. The molecule has 10 rings (SSSR count). The summed E-state index contributed by atoms with van der Waals surface area (Å²) in [5.41, 5.74) is 10.5. The Labute approximate surface area is 272 Å². The van der Waals surface area contributed by atoms with Crippen LogP contribution in [0.15, 0.2) is 109 Å². The topological polar surface area (TPSA) is 0 Å². The van der Waals surface area contributed by atoms with Crippen molar-refractivity contribution in [2.24, 2.45) is 11.8 Å². The molecule has 6 aromatic rings. The maximum Gasteiger partial charge on any atom is 0.0356 e. The highest BCUT2D eigenvalue weighted by atomic mass is 127. The van der Waals surface area contributed by atoms with Crippen LogP contribution in [0.4, 0.5) is 0 Å². The summed E-state index contributed by atoms with van der Waals surface area (Å²) in [6.07, 6.45) is 8.24. The Balaban J connectivity index is 1.04. The van der Waals surface area contributed by atoms with Crippen molar-refractivity contribution < 1.29 is 0 Å². The molecule has 43 heavy (non-hydrogen) atoms. The van der Waals surface area contributed by atoms with Crippen LogP contribution in [0.2, 0.25) is 0 Å². The molecule has 2 heteroatoms. The first-order chi connectivity index (χ1) is 21.0. The van der Waals surface area contributed by atoms with Crippen LogP contribution in [-0.4, -0.2) is 0 Å². The summed E-state index contributed by atoms with van der Waals surface area (Å²) < 4.78 is 4.06. The summed E-state index contributed by atoms with van der Waals surface area (Å²) in [5, 5.41) is 2.77. The third kappa shape index (κ3) is 4.35. The Morgan fingerprint density at radius 2 is 1.02 bits per heavy atom. The molecule has 0 amide bonds. The van der Waals surface area contributed by atoms with E-state index < -0.39 is 0 Å². The molecular weight excluding hydrogens is 651 g/mol. The van der Waals surface area contributed by atoms with Crippen molar-refractivity contribution in [3.05, 3.63) is 129 Å². The predicted molar refractivity (Wildman–Crippen MR) is 192 cm³/mol. The van der Waals surface area contributed by atoms with Gasteiger partial charge >= 0.3 is 0 Å². The van der Waals surface area contributed by atoms with Gasteiger partial charge in [0.1, 0.15) is 0 Å². The smallest absolute Gasteiger partial charge is 0.0356 e. The van der Waals surface area contributed by atoms with E-state index in [1.165, 1.54) is 90.1 Å². The van der Waals surface area contributed by atoms with E-state index in [0.29, 0.717) is 10.8 Å². The van der Waals surface area contributed by atoms with Crippen LogP contribution in [0, 0.1) is 22.3 Å². The standard InChI is InChI=1S/C41H35IS/c1-26-2-4-29(5-3-26)30-6-11-33(12-7-30)40-21-27-18-28(22-40)24-41(23-27,25-40)34-13-8-31(9-14-34)32-10-16-38-36(19-32)37-20-35(42)15-17-39(37)43-38/h2-17,19-20,27-28H,18,21-25H2,1H3. The number of halogens is 1. The highest BCUT2D eigenvalue weighted by molar-refractivity contribution is 14.1. The molecule has 0 nitrogen and oxygen atoms in total. The van der Waals surface area contributed by atoms with Crippen molar-refractivity contribution in [2.75, 3.05) is 0 Å². The molecule has 0 saturated heterocycles. The Morgan fingerprint density at radius 3 is 1.60 bits per heavy atom. The van der Waals surface area contributed by atoms with Gasteiger partial charge in [0.15, 0.2) is 0 Å². The van der Waals surface area contributed by atoms with Gasteiger partial charge in [-0.25, -0.2) is 0 Å². The lowest BCUT2D eigenvalue weighted by molar-refractivity contribution is -0.0281. The second-order valence-electron chi connectivity index (χ2n) is 14.0. The number of rotatable bonds is 4. The quantitative estimate of drug-likeness (QED) is 0.162. The summed E-state index contributed by atoms with van der Waals surface area (Å²) >= 11 is 4.34. The summed E-state index contributed by atoms with van der Waals surface area (Å²) in [4.78, 5) is 0. The fourth-order valence-corrected chi connectivity index (χ4v) is 11.2. The molecule has 4 fully saturated rings. The second-order valence-corrected chi connectivity index (χ2v) is 16.3. The molecule has 4 saturated carbocycles. The molecule has 2 unspecified atom stereocenters. The Kier molecular flexibility index (Phi) is 6.01. The van der Waals surface area contributed by atoms with Gasteiger partial charge in [0, 0.05) is 23.7 Å². The van der Waals surface area contributed by atoms with Crippen LogP contribution in [0.25, 0.3) is 42.4 Å². The number of hydrogen-bond acceptors (Lipinski definition) is 1. The van der Waals surface area contributed by atoms with E-state index in [-0.39, 0.29) is 0 Å². The zero-order valence-electron chi connectivity index (χ0n) is 24.6. The van der Waals surface area contributed by atoms with Gasteiger partial charge in [-0.1, -0.05) is 84.4 Å². The Hall–Kier alpha value is -2.95. The van der Waals surface area contributed by atoms with Gasteiger partial charge in [0.2, 0.25) is 0 Å². The normalized spacial score (nSPS) is 26.0. The van der Waals surface area contributed by atoms with E-state index in [4.69, 9.17) is 0 Å². The zero-order valence-corrected chi connectivity index (χ0v) is 27.5. The van der Waals surface area contributed by atoms with E-state index >= 15 is 0 Å². The average Bonchev–Trinajstić information content (AvgIpc) is 3.38. The summed E-state index contributed by atoms with van der Waals surface area (Å²) in [6.45, 7) is 2.16.